The van der Waals surface area contributed by atoms with E-state index in [2.05, 4.69) is 28.2 Å². The molecule has 2 aromatic rings. The highest BCUT2D eigenvalue weighted by Gasteiger charge is 2.22. The summed E-state index contributed by atoms with van der Waals surface area (Å²) in [4.78, 5) is 18.2. The van der Waals surface area contributed by atoms with E-state index >= 15 is 0 Å². The number of nitrogens with zero attached hydrogens (tertiary/aromatic N) is 1. The largest absolute Gasteiger partial charge is 0.469 e. The maximum atomic E-state index is 11.5. The van der Waals surface area contributed by atoms with Crippen molar-refractivity contribution >= 4 is 22.6 Å². The molecule has 1 aliphatic carbocycles. The minimum atomic E-state index is -0.158. The number of fused-ring (bicyclic) bond motifs is 1. The molecule has 4 nitrogen and oxygen atoms in total. The van der Waals surface area contributed by atoms with Gasteiger partial charge in [-0.1, -0.05) is 24.3 Å². The van der Waals surface area contributed by atoms with Gasteiger partial charge >= 0.3 is 0 Å². The SMILES string of the molecule is O=c1[nH]cnc(OC2CCCc3ccccc32)c1I. The molecule has 0 aliphatic heterocycles. The van der Waals surface area contributed by atoms with E-state index in [0.29, 0.717) is 9.45 Å². The molecule has 1 aliphatic rings. The van der Waals surface area contributed by atoms with Gasteiger partial charge in [0.05, 0.1) is 6.33 Å². The summed E-state index contributed by atoms with van der Waals surface area (Å²) in [6.45, 7) is 0. The van der Waals surface area contributed by atoms with Crippen LogP contribution < -0.4 is 10.3 Å². The van der Waals surface area contributed by atoms with Gasteiger partial charge in [0.15, 0.2) is 0 Å². The lowest BCUT2D eigenvalue weighted by Gasteiger charge is -2.25. The van der Waals surface area contributed by atoms with Gasteiger partial charge in [-0.15, -0.1) is 0 Å². The van der Waals surface area contributed by atoms with E-state index in [4.69, 9.17) is 4.74 Å². The summed E-state index contributed by atoms with van der Waals surface area (Å²) in [7, 11) is 0. The van der Waals surface area contributed by atoms with Crippen LogP contribution in [0.25, 0.3) is 0 Å². The Morgan fingerprint density at radius 2 is 2.21 bits per heavy atom. The second-order valence-corrected chi connectivity index (χ2v) is 5.63. The number of hydrogen-bond acceptors (Lipinski definition) is 3. The van der Waals surface area contributed by atoms with E-state index in [1.165, 1.54) is 17.5 Å². The first-order valence-electron chi connectivity index (χ1n) is 6.23. The first-order chi connectivity index (χ1) is 9.25. The highest BCUT2D eigenvalue weighted by atomic mass is 127. The molecule has 1 N–H and O–H groups in total. The molecular weight excluding hydrogens is 355 g/mol. The number of halogens is 1. The van der Waals surface area contributed by atoms with Crippen LogP contribution in [0.1, 0.15) is 30.1 Å². The van der Waals surface area contributed by atoms with Crippen molar-refractivity contribution in [1.82, 2.24) is 9.97 Å². The predicted molar refractivity (Wildman–Crippen MR) is 80.3 cm³/mol. The fourth-order valence-corrected chi connectivity index (χ4v) is 2.84. The third-order valence-electron chi connectivity index (χ3n) is 3.33. The Balaban J connectivity index is 1.93. The average molecular weight is 368 g/mol. The van der Waals surface area contributed by atoms with Crippen molar-refractivity contribution in [2.45, 2.75) is 25.4 Å². The van der Waals surface area contributed by atoms with E-state index in [9.17, 15) is 4.79 Å². The number of benzene rings is 1. The quantitative estimate of drug-likeness (QED) is 0.830. The van der Waals surface area contributed by atoms with Gasteiger partial charge in [0, 0.05) is 0 Å². The van der Waals surface area contributed by atoms with Crippen LogP contribution in [0, 0.1) is 3.57 Å². The van der Waals surface area contributed by atoms with Crippen molar-refractivity contribution in [2.75, 3.05) is 0 Å². The van der Waals surface area contributed by atoms with Gasteiger partial charge in [-0.2, -0.15) is 0 Å². The molecule has 0 bridgehead atoms. The Labute approximate surface area is 124 Å². The zero-order chi connectivity index (χ0) is 13.2. The molecule has 98 valence electrons. The van der Waals surface area contributed by atoms with Gasteiger partial charge in [-0.05, 0) is 53.0 Å². The van der Waals surface area contributed by atoms with Crippen LogP contribution >= 0.6 is 22.6 Å². The minimum absolute atomic E-state index is 0.00670. The Kier molecular flexibility index (Phi) is 3.54. The van der Waals surface area contributed by atoms with E-state index < -0.39 is 0 Å². The van der Waals surface area contributed by atoms with Crippen LogP contribution in [0.4, 0.5) is 0 Å². The molecule has 1 unspecified atom stereocenters. The second kappa shape index (κ2) is 5.32. The van der Waals surface area contributed by atoms with Gasteiger partial charge in [-0.3, -0.25) is 4.79 Å². The van der Waals surface area contributed by atoms with Crippen LogP contribution in [-0.2, 0) is 6.42 Å². The topological polar surface area (TPSA) is 55.0 Å². The van der Waals surface area contributed by atoms with Gasteiger partial charge in [0.2, 0.25) is 5.88 Å². The first-order valence-corrected chi connectivity index (χ1v) is 7.31. The van der Waals surface area contributed by atoms with Crippen LogP contribution in [-0.4, -0.2) is 9.97 Å². The normalized spacial score (nSPS) is 17.8. The van der Waals surface area contributed by atoms with Crippen LogP contribution in [0.15, 0.2) is 35.4 Å². The number of hydrogen-bond donors (Lipinski definition) is 1. The molecule has 0 radical (unpaired) electrons. The molecule has 5 heteroatoms. The third-order valence-corrected chi connectivity index (χ3v) is 4.28. The summed E-state index contributed by atoms with van der Waals surface area (Å²) < 4.78 is 6.46. The fraction of sp³-hybridized carbons (Fsp3) is 0.286. The van der Waals surface area contributed by atoms with Crippen molar-refractivity contribution < 1.29 is 4.74 Å². The zero-order valence-electron chi connectivity index (χ0n) is 10.2. The molecule has 0 saturated heterocycles. The summed E-state index contributed by atoms with van der Waals surface area (Å²) in [6, 6.07) is 8.31. The minimum Gasteiger partial charge on any atom is -0.469 e. The lowest BCUT2D eigenvalue weighted by Crippen LogP contribution is -2.19. The van der Waals surface area contributed by atoms with Crippen molar-refractivity contribution in [3.05, 3.63) is 55.6 Å². The number of nitrogens with one attached hydrogen (secondary N) is 1. The molecule has 0 spiro atoms. The molecule has 1 atom stereocenters. The summed E-state index contributed by atoms with van der Waals surface area (Å²) in [6.07, 6.45) is 4.53. The highest BCUT2D eigenvalue weighted by molar-refractivity contribution is 14.1. The van der Waals surface area contributed by atoms with E-state index in [1.54, 1.807) is 0 Å². The molecular formula is C14H13IN2O2. The Morgan fingerprint density at radius 1 is 1.37 bits per heavy atom. The van der Waals surface area contributed by atoms with Crippen molar-refractivity contribution in [2.24, 2.45) is 0 Å². The number of aromatic amines is 1. The maximum Gasteiger partial charge on any atom is 0.268 e. The molecule has 1 aromatic heterocycles. The number of rotatable bonds is 2. The van der Waals surface area contributed by atoms with Crippen LogP contribution in [0.2, 0.25) is 0 Å². The van der Waals surface area contributed by atoms with Gasteiger partial charge < -0.3 is 9.72 Å². The second-order valence-electron chi connectivity index (χ2n) is 4.55. The molecule has 0 fully saturated rings. The molecule has 19 heavy (non-hydrogen) atoms. The smallest absolute Gasteiger partial charge is 0.268 e. The van der Waals surface area contributed by atoms with Crippen LogP contribution in [0.3, 0.4) is 0 Å². The predicted octanol–water partition coefficient (Wildman–Crippen LogP) is 2.83. The van der Waals surface area contributed by atoms with Gasteiger partial charge in [-0.25, -0.2) is 4.98 Å². The summed E-state index contributed by atoms with van der Waals surface area (Å²) in [5, 5.41) is 0. The van der Waals surface area contributed by atoms with E-state index in [1.807, 2.05) is 28.7 Å². The third kappa shape index (κ3) is 2.51. The Hall–Kier alpha value is -1.37. The summed E-state index contributed by atoms with van der Waals surface area (Å²) in [5.41, 5.74) is 2.39. The number of aryl methyl sites for hydroxylation is 1. The maximum absolute atomic E-state index is 11.5. The molecule has 1 heterocycles. The monoisotopic (exact) mass is 368 g/mol. The molecule has 0 saturated carbocycles. The van der Waals surface area contributed by atoms with Gasteiger partial charge in [0.1, 0.15) is 9.67 Å². The van der Waals surface area contributed by atoms with Crippen molar-refractivity contribution in [1.29, 1.82) is 0 Å². The summed E-state index contributed by atoms with van der Waals surface area (Å²) in [5.74, 6) is 0.422. The first kappa shape index (κ1) is 12.7. The number of aromatic nitrogens is 2. The molecule has 0 amide bonds. The lowest BCUT2D eigenvalue weighted by molar-refractivity contribution is 0.173. The average Bonchev–Trinajstić information content (AvgIpc) is 2.44. The standard InChI is InChI=1S/C14H13IN2O2/c15-12-13(18)16-8-17-14(12)19-11-7-3-5-9-4-1-2-6-10(9)11/h1-2,4,6,8,11H,3,5,7H2,(H,16,17,18). The fourth-order valence-electron chi connectivity index (χ4n) is 2.42. The Morgan fingerprint density at radius 3 is 3.11 bits per heavy atom. The van der Waals surface area contributed by atoms with E-state index in [0.717, 1.165) is 19.3 Å². The Bertz CT molecular complexity index is 654. The zero-order valence-corrected chi connectivity index (χ0v) is 12.4. The van der Waals surface area contributed by atoms with Crippen molar-refractivity contribution in [3.8, 4) is 5.88 Å². The number of ether oxygens (including phenoxy) is 1. The van der Waals surface area contributed by atoms with E-state index in [-0.39, 0.29) is 11.7 Å². The number of H-pyrrole nitrogens is 1. The van der Waals surface area contributed by atoms with Crippen LogP contribution in [0.5, 0.6) is 5.88 Å². The molecule has 3 rings (SSSR count). The van der Waals surface area contributed by atoms with Crippen molar-refractivity contribution in [3.63, 3.8) is 0 Å². The highest BCUT2D eigenvalue weighted by Crippen LogP contribution is 2.33. The summed E-state index contributed by atoms with van der Waals surface area (Å²) >= 11 is 1.97. The van der Waals surface area contributed by atoms with Gasteiger partial charge in [0.25, 0.3) is 5.56 Å². The lowest BCUT2D eigenvalue weighted by atomic mass is 9.89. The molecule has 1 aromatic carbocycles.